The summed E-state index contributed by atoms with van der Waals surface area (Å²) < 4.78 is 27.8. The van der Waals surface area contributed by atoms with Gasteiger partial charge in [-0.2, -0.15) is 15.3 Å². The minimum atomic E-state index is -2.70. The lowest BCUT2D eigenvalue weighted by atomic mass is 9.89. The molecule has 1 aliphatic carbocycles. The number of hydrogen-bond acceptors (Lipinski definition) is 7. The molecule has 3 heterocycles. The first kappa shape index (κ1) is 24.8. The Kier molecular flexibility index (Phi) is 6.14. The fourth-order valence-electron chi connectivity index (χ4n) is 4.60. The number of halogens is 2. The van der Waals surface area contributed by atoms with Gasteiger partial charge < -0.3 is 21.2 Å². The molecule has 0 spiro atoms. The largest absolute Gasteiger partial charge is 0.388 e. The van der Waals surface area contributed by atoms with E-state index in [4.69, 9.17) is 5.84 Å². The van der Waals surface area contributed by atoms with Gasteiger partial charge >= 0.3 is 0 Å². The number of amidine groups is 1. The highest BCUT2D eigenvalue weighted by Gasteiger charge is 2.45. The molecule has 1 aliphatic heterocycles. The molecule has 1 aromatic carbocycles. The molecule has 1 saturated heterocycles. The van der Waals surface area contributed by atoms with Crippen molar-refractivity contribution in [1.29, 1.82) is 0 Å². The average molecular weight is 511 g/mol. The maximum absolute atomic E-state index is 13.3. The number of alkyl halides is 2. The second-order valence-electron chi connectivity index (χ2n) is 10.0. The van der Waals surface area contributed by atoms with Gasteiger partial charge in [0.15, 0.2) is 5.84 Å². The lowest BCUT2D eigenvalue weighted by Crippen LogP contribution is -2.38. The van der Waals surface area contributed by atoms with E-state index in [9.17, 15) is 18.7 Å². The number of pyridine rings is 1. The van der Waals surface area contributed by atoms with Gasteiger partial charge in [-0.1, -0.05) is 12.1 Å². The zero-order valence-electron chi connectivity index (χ0n) is 20.5. The number of nitrogens with two attached hydrogens (primary N) is 1. The minimum Gasteiger partial charge on any atom is -0.388 e. The molecule has 5 rings (SSSR count). The van der Waals surface area contributed by atoms with Crippen LogP contribution in [0.4, 0.5) is 20.2 Å². The Morgan fingerprint density at radius 3 is 2.73 bits per heavy atom. The Morgan fingerprint density at radius 1 is 1.27 bits per heavy atom. The molecule has 194 valence electrons. The molecule has 0 radical (unpaired) electrons. The second-order valence-corrected chi connectivity index (χ2v) is 10.0. The van der Waals surface area contributed by atoms with Crippen molar-refractivity contribution in [2.75, 3.05) is 23.3 Å². The summed E-state index contributed by atoms with van der Waals surface area (Å²) in [5.41, 5.74) is 2.96. The number of nitrogens with zero attached hydrogens (tertiary/aromatic N) is 6. The van der Waals surface area contributed by atoms with Crippen molar-refractivity contribution >= 4 is 28.6 Å². The van der Waals surface area contributed by atoms with Crippen LogP contribution in [0.2, 0.25) is 0 Å². The van der Waals surface area contributed by atoms with Gasteiger partial charge in [-0.3, -0.25) is 4.79 Å². The smallest absolute Gasteiger partial charge is 0.259 e. The molecule has 1 saturated carbocycles. The number of amides is 1. The number of aryl methyl sites for hydroxylation is 1. The number of fused-ring (bicyclic) bond motifs is 1. The zero-order valence-corrected chi connectivity index (χ0v) is 20.5. The predicted molar refractivity (Wildman–Crippen MR) is 135 cm³/mol. The molecular formula is C25H28F2N8O2. The van der Waals surface area contributed by atoms with E-state index in [1.807, 2.05) is 26.0 Å². The number of azo groups is 1. The molecule has 12 heteroatoms. The summed E-state index contributed by atoms with van der Waals surface area (Å²) in [7, 11) is 0. The van der Waals surface area contributed by atoms with Crippen LogP contribution >= 0.6 is 0 Å². The van der Waals surface area contributed by atoms with Gasteiger partial charge in [0.2, 0.25) is 0 Å². The Hall–Kier alpha value is -3.93. The van der Waals surface area contributed by atoms with Crippen molar-refractivity contribution < 1.29 is 18.7 Å². The summed E-state index contributed by atoms with van der Waals surface area (Å²) in [6.07, 6.45) is 3.27. The van der Waals surface area contributed by atoms with Crippen molar-refractivity contribution in [2.24, 2.45) is 21.2 Å². The van der Waals surface area contributed by atoms with Crippen LogP contribution < -0.4 is 16.1 Å². The summed E-state index contributed by atoms with van der Waals surface area (Å²) >= 11 is 0. The first-order chi connectivity index (χ1) is 17.5. The average Bonchev–Trinajstić information content (AvgIpc) is 3.42. The number of carbonyl (C=O) groups excluding carboxylic acids is 1. The fraction of sp³-hybridized carbons (Fsp3) is 0.400. The van der Waals surface area contributed by atoms with Crippen LogP contribution in [0.5, 0.6) is 0 Å². The van der Waals surface area contributed by atoms with Crippen molar-refractivity contribution in [3.63, 3.8) is 0 Å². The summed E-state index contributed by atoms with van der Waals surface area (Å²) in [6, 6.07) is 8.38. The van der Waals surface area contributed by atoms with Gasteiger partial charge in [0.1, 0.15) is 0 Å². The topological polar surface area (TPSA) is 133 Å². The van der Waals surface area contributed by atoms with E-state index in [0.29, 0.717) is 35.3 Å². The van der Waals surface area contributed by atoms with Gasteiger partial charge in [-0.25, -0.2) is 13.3 Å². The van der Waals surface area contributed by atoms with Gasteiger partial charge in [-0.15, -0.1) is 5.11 Å². The molecule has 0 unspecified atom stereocenters. The van der Waals surface area contributed by atoms with E-state index in [1.54, 1.807) is 28.9 Å². The number of nitrogens with one attached hydrogen (secondary N) is 1. The Bertz CT molecular complexity index is 1410. The SMILES string of the molecule is Cc1ccc(/C(N=NC2CC(F)(F)C2)=N/N)cc1NC(=O)c1cnn2ccc(N3CC[C@](C)(O)C3)cc12. The number of rotatable bonds is 5. The van der Waals surface area contributed by atoms with Crippen molar-refractivity contribution in [1.82, 2.24) is 9.61 Å². The van der Waals surface area contributed by atoms with E-state index >= 15 is 0 Å². The number of aliphatic hydroxyl groups is 1. The number of anilines is 2. The first-order valence-electron chi connectivity index (χ1n) is 12.0. The number of carbonyl (C=O) groups is 1. The summed E-state index contributed by atoms with van der Waals surface area (Å²) in [4.78, 5) is 15.3. The van der Waals surface area contributed by atoms with Crippen LogP contribution in [-0.2, 0) is 0 Å². The van der Waals surface area contributed by atoms with E-state index in [-0.39, 0.29) is 24.6 Å². The van der Waals surface area contributed by atoms with Gasteiger partial charge in [0.05, 0.1) is 28.9 Å². The van der Waals surface area contributed by atoms with Crippen molar-refractivity contribution in [3.8, 4) is 0 Å². The molecule has 1 atom stereocenters. The second kappa shape index (κ2) is 9.18. The lowest BCUT2D eigenvalue weighted by molar-refractivity contribution is -0.0847. The van der Waals surface area contributed by atoms with E-state index in [1.165, 1.54) is 6.20 Å². The molecule has 2 fully saturated rings. The maximum atomic E-state index is 13.3. The normalized spacial score (nSPS) is 22.1. The summed E-state index contributed by atoms with van der Waals surface area (Å²) in [6.45, 7) is 4.88. The molecular weight excluding hydrogens is 482 g/mol. The third kappa shape index (κ3) is 5.15. The van der Waals surface area contributed by atoms with Crippen molar-refractivity contribution in [3.05, 3.63) is 59.4 Å². The number of hydrogen-bond donors (Lipinski definition) is 3. The molecule has 2 aromatic heterocycles. The molecule has 3 aromatic rings. The maximum Gasteiger partial charge on any atom is 0.259 e. The number of hydrazone groups is 1. The molecule has 2 aliphatic rings. The van der Waals surface area contributed by atoms with Crippen LogP contribution in [0.15, 0.2) is 58.1 Å². The van der Waals surface area contributed by atoms with Crippen LogP contribution in [0.3, 0.4) is 0 Å². The number of aromatic nitrogens is 2. The Balaban J connectivity index is 1.35. The van der Waals surface area contributed by atoms with Gasteiger partial charge in [0.25, 0.3) is 11.8 Å². The first-order valence-corrected chi connectivity index (χ1v) is 12.0. The minimum absolute atomic E-state index is 0.0767. The monoisotopic (exact) mass is 510 g/mol. The van der Waals surface area contributed by atoms with Crippen molar-refractivity contribution in [2.45, 2.75) is 50.7 Å². The molecule has 37 heavy (non-hydrogen) atoms. The van der Waals surface area contributed by atoms with Crippen LogP contribution in [0.25, 0.3) is 5.52 Å². The lowest BCUT2D eigenvalue weighted by Gasteiger charge is -2.30. The quantitative estimate of drug-likeness (QED) is 0.158. The van der Waals surface area contributed by atoms with Crippen LogP contribution in [0.1, 0.15) is 47.7 Å². The van der Waals surface area contributed by atoms with Crippen LogP contribution in [0, 0.1) is 6.92 Å². The summed E-state index contributed by atoms with van der Waals surface area (Å²) in [5, 5.41) is 29.1. The van der Waals surface area contributed by atoms with Crippen LogP contribution in [-0.4, -0.2) is 57.1 Å². The van der Waals surface area contributed by atoms with Gasteiger partial charge in [0, 0.05) is 49.1 Å². The molecule has 1 amide bonds. The number of benzene rings is 1. The molecule has 4 N–H and O–H groups in total. The van der Waals surface area contributed by atoms with E-state index in [2.05, 4.69) is 30.6 Å². The highest BCUT2D eigenvalue weighted by atomic mass is 19.3. The van der Waals surface area contributed by atoms with E-state index in [0.717, 1.165) is 17.8 Å². The fourth-order valence-corrected chi connectivity index (χ4v) is 4.60. The third-order valence-electron chi connectivity index (χ3n) is 6.82. The zero-order chi connectivity index (χ0) is 26.4. The highest BCUT2D eigenvalue weighted by molar-refractivity contribution is 6.10. The highest BCUT2D eigenvalue weighted by Crippen LogP contribution is 2.39. The molecule has 10 nitrogen and oxygen atoms in total. The van der Waals surface area contributed by atoms with E-state index < -0.39 is 17.6 Å². The Morgan fingerprint density at radius 2 is 2.05 bits per heavy atom. The Labute approximate surface area is 211 Å². The number of β-amino-alcohol motifs (C(OH)–C–C–N with tert-alkyl or cyclic N) is 1. The third-order valence-corrected chi connectivity index (χ3v) is 6.82. The standard InChI is InChI=1S/C25H28F2N8O2/c1-15-3-4-16(22(31-28)33-32-17-11-25(26,27)12-17)9-20(15)30-23(36)19-13-29-35-7-5-18(10-21(19)35)34-8-6-24(2,37)14-34/h3-5,7,9-10,13,17,37H,6,8,11-12,14,28H2,1-2H3,(H,30,36)/b31-22-,33-32?/t24-/m0/s1. The molecule has 0 bridgehead atoms. The summed E-state index contributed by atoms with van der Waals surface area (Å²) in [5.74, 6) is 2.51. The van der Waals surface area contributed by atoms with Gasteiger partial charge in [-0.05, 0) is 44.0 Å². The predicted octanol–water partition coefficient (Wildman–Crippen LogP) is 3.73.